The molecule has 0 atom stereocenters. The smallest absolute Gasteiger partial charge is 0.243 e. The molecule has 6 heteroatoms. The first-order chi connectivity index (χ1) is 8.12. The second-order valence-corrected chi connectivity index (χ2v) is 5.44. The molecule has 0 spiro atoms. The van der Waals surface area contributed by atoms with Crippen LogP contribution in [0.25, 0.3) is 0 Å². The van der Waals surface area contributed by atoms with Gasteiger partial charge in [0.05, 0.1) is 11.5 Å². The van der Waals surface area contributed by atoms with Gasteiger partial charge in [-0.2, -0.15) is 4.31 Å². The Kier molecular flexibility index (Phi) is 5.57. The van der Waals surface area contributed by atoms with Gasteiger partial charge in [-0.3, -0.25) is 0 Å². The number of ether oxygens (including phenoxy) is 1. The average Bonchev–Trinajstić information content (AvgIpc) is 2.35. The van der Waals surface area contributed by atoms with Gasteiger partial charge in [-0.25, -0.2) is 8.42 Å². The molecule has 17 heavy (non-hydrogen) atoms. The average molecular weight is 258 g/mol. The fourth-order valence-corrected chi connectivity index (χ4v) is 2.89. The minimum Gasteiger partial charge on any atom is -0.383 e. The molecule has 5 nitrogen and oxygen atoms in total. The van der Waals surface area contributed by atoms with E-state index < -0.39 is 10.0 Å². The second kappa shape index (κ2) is 6.70. The van der Waals surface area contributed by atoms with E-state index in [4.69, 9.17) is 10.5 Å². The summed E-state index contributed by atoms with van der Waals surface area (Å²) in [6, 6.07) is 8.33. The standard InChI is InChI=1S/C11H18N2O3S/c1-16-10-9-13(8-7-12)17(14,15)11-5-3-2-4-6-11/h2-6H,7-10,12H2,1H3. The lowest BCUT2D eigenvalue weighted by Gasteiger charge is -2.21. The van der Waals surface area contributed by atoms with E-state index in [1.807, 2.05) is 0 Å². The molecule has 1 rings (SSSR count). The predicted molar refractivity (Wildman–Crippen MR) is 66.1 cm³/mol. The van der Waals surface area contributed by atoms with Crippen molar-refractivity contribution in [2.75, 3.05) is 33.4 Å². The number of rotatable bonds is 7. The van der Waals surface area contributed by atoms with Crippen molar-refractivity contribution in [1.82, 2.24) is 4.31 Å². The number of sulfonamides is 1. The Morgan fingerprint density at radius 2 is 1.88 bits per heavy atom. The summed E-state index contributed by atoms with van der Waals surface area (Å²) in [6.45, 7) is 1.24. The zero-order valence-electron chi connectivity index (χ0n) is 9.87. The lowest BCUT2D eigenvalue weighted by atomic mass is 10.4. The predicted octanol–water partition coefficient (Wildman–Crippen LogP) is 0.282. The van der Waals surface area contributed by atoms with Gasteiger partial charge in [0.2, 0.25) is 10.0 Å². The van der Waals surface area contributed by atoms with Gasteiger partial charge in [0.15, 0.2) is 0 Å². The van der Waals surface area contributed by atoms with Crippen molar-refractivity contribution < 1.29 is 13.2 Å². The van der Waals surface area contributed by atoms with E-state index in [1.54, 1.807) is 30.3 Å². The van der Waals surface area contributed by atoms with Crippen molar-refractivity contribution in [3.63, 3.8) is 0 Å². The number of methoxy groups -OCH3 is 1. The highest BCUT2D eigenvalue weighted by Crippen LogP contribution is 2.14. The Morgan fingerprint density at radius 1 is 1.24 bits per heavy atom. The lowest BCUT2D eigenvalue weighted by molar-refractivity contribution is 0.179. The van der Waals surface area contributed by atoms with E-state index in [-0.39, 0.29) is 11.4 Å². The lowest BCUT2D eigenvalue weighted by Crippen LogP contribution is -2.37. The third-order valence-electron chi connectivity index (χ3n) is 2.30. The maximum atomic E-state index is 12.2. The highest BCUT2D eigenvalue weighted by atomic mass is 32.2. The Labute approximate surface area is 102 Å². The van der Waals surface area contributed by atoms with Crippen molar-refractivity contribution in [2.24, 2.45) is 5.73 Å². The summed E-state index contributed by atoms with van der Waals surface area (Å²) >= 11 is 0. The van der Waals surface area contributed by atoms with Gasteiger partial charge in [-0.1, -0.05) is 18.2 Å². The van der Waals surface area contributed by atoms with Crippen molar-refractivity contribution in [3.8, 4) is 0 Å². The van der Waals surface area contributed by atoms with Crippen LogP contribution in [0.5, 0.6) is 0 Å². The minimum atomic E-state index is -3.46. The summed E-state index contributed by atoms with van der Waals surface area (Å²) in [5, 5.41) is 0. The number of nitrogens with two attached hydrogens (primary N) is 1. The number of hydrogen-bond acceptors (Lipinski definition) is 4. The Morgan fingerprint density at radius 3 is 2.41 bits per heavy atom. The molecular weight excluding hydrogens is 240 g/mol. The van der Waals surface area contributed by atoms with Gasteiger partial charge < -0.3 is 10.5 Å². The van der Waals surface area contributed by atoms with E-state index in [9.17, 15) is 8.42 Å². The largest absolute Gasteiger partial charge is 0.383 e. The molecule has 2 N–H and O–H groups in total. The first-order valence-corrected chi connectivity index (χ1v) is 6.81. The van der Waals surface area contributed by atoms with Crippen LogP contribution in [0.15, 0.2) is 35.2 Å². The van der Waals surface area contributed by atoms with E-state index in [1.165, 1.54) is 11.4 Å². The van der Waals surface area contributed by atoms with Crippen LogP contribution in [0.3, 0.4) is 0 Å². The van der Waals surface area contributed by atoms with Crippen LogP contribution in [0.2, 0.25) is 0 Å². The molecule has 1 aromatic carbocycles. The summed E-state index contributed by atoms with van der Waals surface area (Å²) in [5.41, 5.74) is 5.43. The Balaban J connectivity index is 2.92. The molecule has 1 aromatic rings. The molecule has 0 unspecified atom stereocenters. The van der Waals surface area contributed by atoms with E-state index in [2.05, 4.69) is 0 Å². The molecule has 0 saturated carbocycles. The van der Waals surface area contributed by atoms with Gasteiger partial charge >= 0.3 is 0 Å². The maximum Gasteiger partial charge on any atom is 0.243 e. The Bertz CT molecular complexity index is 420. The van der Waals surface area contributed by atoms with Gasteiger partial charge in [0.25, 0.3) is 0 Å². The Hall–Kier alpha value is -0.950. The van der Waals surface area contributed by atoms with Crippen LogP contribution < -0.4 is 5.73 Å². The highest BCUT2D eigenvalue weighted by Gasteiger charge is 2.22. The van der Waals surface area contributed by atoms with E-state index in [0.29, 0.717) is 19.7 Å². The molecule has 0 aliphatic carbocycles. The molecule has 0 aromatic heterocycles. The monoisotopic (exact) mass is 258 g/mol. The molecule has 0 aliphatic heterocycles. The quantitative estimate of drug-likeness (QED) is 0.762. The molecular formula is C11H18N2O3S. The van der Waals surface area contributed by atoms with Crippen LogP contribution in [-0.2, 0) is 14.8 Å². The van der Waals surface area contributed by atoms with Crippen molar-refractivity contribution in [2.45, 2.75) is 4.90 Å². The van der Waals surface area contributed by atoms with Crippen molar-refractivity contribution in [3.05, 3.63) is 30.3 Å². The van der Waals surface area contributed by atoms with Crippen LogP contribution in [0, 0.1) is 0 Å². The van der Waals surface area contributed by atoms with Crippen LogP contribution >= 0.6 is 0 Å². The molecule has 0 heterocycles. The topological polar surface area (TPSA) is 72.6 Å². The molecule has 0 aliphatic rings. The third-order valence-corrected chi connectivity index (χ3v) is 4.22. The minimum absolute atomic E-state index is 0.282. The van der Waals surface area contributed by atoms with E-state index >= 15 is 0 Å². The van der Waals surface area contributed by atoms with Gasteiger partial charge in [-0.15, -0.1) is 0 Å². The van der Waals surface area contributed by atoms with Crippen LogP contribution in [0.4, 0.5) is 0 Å². The first-order valence-electron chi connectivity index (χ1n) is 5.37. The fraction of sp³-hybridized carbons (Fsp3) is 0.455. The highest BCUT2D eigenvalue weighted by molar-refractivity contribution is 7.89. The molecule has 96 valence electrons. The number of hydrogen-bond donors (Lipinski definition) is 1. The van der Waals surface area contributed by atoms with Crippen LogP contribution in [0.1, 0.15) is 0 Å². The fourth-order valence-electron chi connectivity index (χ4n) is 1.43. The first kappa shape index (κ1) is 14.1. The second-order valence-electron chi connectivity index (χ2n) is 3.50. The molecule has 0 radical (unpaired) electrons. The van der Waals surface area contributed by atoms with Crippen molar-refractivity contribution in [1.29, 1.82) is 0 Å². The number of nitrogens with zero attached hydrogens (tertiary/aromatic N) is 1. The third kappa shape index (κ3) is 3.78. The molecule has 0 saturated heterocycles. The summed E-state index contributed by atoms with van der Waals surface area (Å²) in [4.78, 5) is 0.282. The maximum absolute atomic E-state index is 12.2. The molecule has 0 amide bonds. The van der Waals surface area contributed by atoms with Gasteiger partial charge in [-0.05, 0) is 12.1 Å². The normalized spacial score (nSPS) is 11.9. The zero-order valence-corrected chi connectivity index (χ0v) is 10.7. The SMILES string of the molecule is COCCN(CCN)S(=O)(=O)c1ccccc1. The summed E-state index contributed by atoms with van der Waals surface area (Å²) in [7, 11) is -1.92. The van der Waals surface area contributed by atoms with Crippen LogP contribution in [-0.4, -0.2) is 46.1 Å². The molecule has 0 bridgehead atoms. The van der Waals surface area contributed by atoms with Crippen molar-refractivity contribution >= 4 is 10.0 Å². The summed E-state index contributed by atoms with van der Waals surface area (Å²) in [5.74, 6) is 0. The molecule has 0 fully saturated rings. The summed E-state index contributed by atoms with van der Waals surface area (Å²) in [6.07, 6.45) is 0. The number of benzene rings is 1. The summed E-state index contributed by atoms with van der Waals surface area (Å²) < 4.78 is 30.7. The zero-order chi connectivity index (χ0) is 12.7. The van der Waals surface area contributed by atoms with Gasteiger partial charge in [0.1, 0.15) is 0 Å². The van der Waals surface area contributed by atoms with Gasteiger partial charge in [0, 0.05) is 26.7 Å². The van der Waals surface area contributed by atoms with E-state index in [0.717, 1.165) is 0 Å².